The third-order valence-corrected chi connectivity index (χ3v) is 4.57. The van der Waals surface area contributed by atoms with E-state index in [0.29, 0.717) is 5.82 Å². The molecule has 4 rings (SSSR count). The zero-order valence-corrected chi connectivity index (χ0v) is 10.6. The zero-order chi connectivity index (χ0) is 13.1. The number of carbonyl (C=O) groups is 2. The Bertz CT molecular complexity index is 592. The van der Waals surface area contributed by atoms with Crippen LogP contribution in [0.3, 0.4) is 0 Å². The molecule has 4 heteroatoms. The van der Waals surface area contributed by atoms with Gasteiger partial charge in [-0.05, 0) is 37.3 Å². The summed E-state index contributed by atoms with van der Waals surface area (Å²) in [6, 6.07) is 5.43. The monoisotopic (exact) mass is 254 g/mol. The number of amides is 2. The number of rotatable bonds is 1. The van der Waals surface area contributed by atoms with E-state index in [-0.39, 0.29) is 35.5 Å². The van der Waals surface area contributed by atoms with Crippen LogP contribution in [0.5, 0.6) is 0 Å². The van der Waals surface area contributed by atoms with Crippen molar-refractivity contribution in [3.8, 4) is 0 Å². The number of fused-ring (bicyclic) bond motifs is 5. The molecule has 1 aromatic rings. The van der Waals surface area contributed by atoms with Crippen LogP contribution in [-0.4, -0.2) is 16.8 Å². The van der Waals surface area contributed by atoms with Crippen LogP contribution in [0.25, 0.3) is 0 Å². The van der Waals surface area contributed by atoms with Crippen molar-refractivity contribution < 1.29 is 9.59 Å². The zero-order valence-electron chi connectivity index (χ0n) is 10.6. The molecule has 3 aliphatic rings. The molecule has 4 atom stereocenters. The summed E-state index contributed by atoms with van der Waals surface area (Å²) in [6.45, 7) is 1.86. The molecule has 2 bridgehead atoms. The Kier molecular flexibility index (Phi) is 2.03. The molecule has 2 heterocycles. The number of pyridine rings is 1. The molecule has 19 heavy (non-hydrogen) atoms. The van der Waals surface area contributed by atoms with E-state index in [2.05, 4.69) is 17.1 Å². The number of imide groups is 1. The highest BCUT2D eigenvalue weighted by Crippen LogP contribution is 2.52. The van der Waals surface area contributed by atoms with Crippen molar-refractivity contribution in [3.63, 3.8) is 0 Å². The molecular weight excluding hydrogens is 240 g/mol. The first kappa shape index (κ1) is 10.9. The second-order valence-electron chi connectivity index (χ2n) is 5.65. The summed E-state index contributed by atoms with van der Waals surface area (Å²) in [7, 11) is 0. The van der Waals surface area contributed by atoms with E-state index in [9.17, 15) is 9.59 Å². The Morgan fingerprint density at radius 3 is 2.32 bits per heavy atom. The van der Waals surface area contributed by atoms with Crippen LogP contribution in [-0.2, 0) is 9.59 Å². The minimum atomic E-state index is -0.148. The van der Waals surface area contributed by atoms with Crippen molar-refractivity contribution in [2.75, 3.05) is 4.90 Å². The Balaban J connectivity index is 1.77. The summed E-state index contributed by atoms with van der Waals surface area (Å²) >= 11 is 0. The summed E-state index contributed by atoms with van der Waals surface area (Å²) in [5.41, 5.74) is 0.816. The van der Waals surface area contributed by atoms with Crippen molar-refractivity contribution in [2.45, 2.75) is 13.3 Å². The van der Waals surface area contributed by atoms with Crippen molar-refractivity contribution in [3.05, 3.63) is 36.0 Å². The van der Waals surface area contributed by atoms with Gasteiger partial charge < -0.3 is 0 Å². The van der Waals surface area contributed by atoms with Gasteiger partial charge in [0.2, 0.25) is 11.8 Å². The topological polar surface area (TPSA) is 50.3 Å². The molecule has 4 nitrogen and oxygen atoms in total. The van der Waals surface area contributed by atoms with Crippen LogP contribution >= 0.6 is 0 Å². The molecule has 1 aliphatic heterocycles. The first-order valence-corrected chi connectivity index (χ1v) is 6.66. The van der Waals surface area contributed by atoms with Gasteiger partial charge in [0.25, 0.3) is 0 Å². The Hall–Kier alpha value is -1.97. The van der Waals surface area contributed by atoms with Crippen LogP contribution in [0.15, 0.2) is 30.4 Å². The molecule has 1 aromatic heterocycles. The van der Waals surface area contributed by atoms with Gasteiger partial charge in [-0.2, -0.15) is 0 Å². The lowest BCUT2D eigenvalue weighted by atomic mass is 9.85. The molecule has 0 aromatic carbocycles. The van der Waals surface area contributed by atoms with Gasteiger partial charge in [0.15, 0.2) is 0 Å². The number of hydrogen-bond donors (Lipinski definition) is 0. The fourth-order valence-corrected chi connectivity index (χ4v) is 3.78. The number of aromatic nitrogens is 1. The highest BCUT2D eigenvalue weighted by Gasteiger charge is 2.59. The van der Waals surface area contributed by atoms with Gasteiger partial charge in [-0.25, -0.2) is 9.88 Å². The van der Waals surface area contributed by atoms with Gasteiger partial charge in [-0.1, -0.05) is 18.2 Å². The molecule has 2 fully saturated rings. The quantitative estimate of drug-likeness (QED) is 0.566. The van der Waals surface area contributed by atoms with E-state index in [1.807, 2.05) is 19.1 Å². The second-order valence-corrected chi connectivity index (χ2v) is 5.65. The van der Waals surface area contributed by atoms with E-state index in [0.717, 1.165) is 12.1 Å². The van der Waals surface area contributed by atoms with Crippen LogP contribution in [0.4, 0.5) is 5.82 Å². The maximum Gasteiger partial charge on any atom is 0.239 e. The predicted molar refractivity (Wildman–Crippen MR) is 69.2 cm³/mol. The Morgan fingerprint density at radius 2 is 1.74 bits per heavy atom. The lowest BCUT2D eigenvalue weighted by Crippen LogP contribution is -2.33. The number of hydrogen-bond acceptors (Lipinski definition) is 3. The molecule has 0 spiro atoms. The fourth-order valence-electron chi connectivity index (χ4n) is 3.78. The molecule has 2 amide bonds. The second kappa shape index (κ2) is 3.53. The van der Waals surface area contributed by atoms with E-state index >= 15 is 0 Å². The maximum absolute atomic E-state index is 12.5. The minimum Gasteiger partial charge on any atom is -0.274 e. The van der Waals surface area contributed by atoms with E-state index < -0.39 is 0 Å². The minimum absolute atomic E-state index is 0.0649. The molecule has 96 valence electrons. The lowest BCUT2D eigenvalue weighted by molar-refractivity contribution is -0.123. The average Bonchev–Trinajstić information content (AvgIpc) is 3.04. The van der Waals surface area contributed by atoms with Crippen molar-refractivity contribution >= 4 is 17.6 Å². The van der Waals surface area contributed by atoms with E-state index in [4.69, 9.17) is 0 Å². The van der Waals surface area contributed by atoms with Gasteiger partial charge in [-0.3, -0.25) is 9.59 Å². The van der Waals surface area contributed by atoms with Gasteiger partial charge in [0, 0.05) is 5.69 Å². The summed E-state index contributed by atoms with van der Waals surface area (Å²) in [5, 5.41) is 0. The molecule has 0 radical (unpaired) electrons. The highest BCUT2D eigenvalue weighted by atomic mass is 16.2. The Morgan fingerprint density at radius 1 is 1.11 bits per heavy atom. The summed E-state index contributed by atoms with van der Waals surface area (Å²) in [4.78, 5) is 30.7. The standard InChI is InChI=1S/C15H14N2O2/c1-8-3-2-4-11(16-8)17-14(18)12-9-5-6-10(7-9)13(12)15(17)19/h2-6,9-10,12-13H,7H2,1H3/t9-,10-,12-,13+/m1/s1. The largest absolute Gasteiger partial charge is 0.274 e. The number of aryl methyl sites for hydroxylation is 1. The Labute approximate surface area is 111 Å². The fraction of sp³-hybridized carbons (Fsp3) is 0.400. The van der Waals surface area contributed by atoms with Gasteiger partial charge in [0.1, 0.15) is 5.82 Å². The average molecular weight is 254 g/mol. The number of allylic oxidation sites excluding steroid dienone is 2. The molecule has 2 aliphatic carbocycles. The number of carbonyl (C=O) groups excluding carboxylic acids is 2. The van der Waals surface area contributed by atoms with Crippen LogP contribution in [0.1, 0.15) is 12.1 Å². The first-order valence-electron chi connectivity index (χ1n) is 6.66. The first-order chi connectivity index (χ1) is 9.16. The lowest BCUT2D eigenvalue weighted by Gasteiger charge is -2.16. The molecule has 0 unspecified atom stereocenters. The summed E-state index contributed by atoms with van der Waals surface area (Å²) in [5.74, 6) is 0.552. The van der Waals surface area contributed by atoms with Crippen LogP contribution in [0.2, 0.25) is 0 Å². The highest BCUT2D eigenvalue weighted by molar-refractivity contribution is 6.22. The summed E-state index contributed by atoms with van der Waals surface area (Å²) in [6.07, 6.45) is 5.16. The van der Waals surface area contributed by atoms with Crippen molar-refractivity contribution in [1.29, 1.82) is 0 Å². The van der Waals surface area contributed by atoms with Crippen LogP contribution in [0, 0.1) is 30.6 Å². The van der Waals surface area contributed by atoms with Crippen molar-refractivity contribution in [1.82, 2.24) is 4.98 Å². The number of nitrogens with zero attached hydrogens (tertiary/aromatic N) is 2. The van der Waals surface area contributed by atoms with Crippen molar-refractivity contribution in [2.24, 2.45) is 23.7 Å². The smallest absolute Gasteiger partial charge is 0.239 e. The van der Waals surface area contributed by atoms with Crippen LogP contribution < -0.4 is 4.90 Å². The van der Waals surface area contributed by atoms with Gasteiger partial charge >= 0.3 is 0 Å². The van der Waals surface area contributed by atoms with E-state index in [1.165, 1.54) is 4.90 Å². The predicted octanol–water partition coefficient (Wildman–Crippen LogP) is 1.70. The SMILES string of the molecule is Cc1cccc(N2C(=O)[C@@H]3[C@H](C2=O)[C@@H]2C=C[C@@H]3C2)n1. The molecule has 1 saturated carbocycles. The normalized spacial score (nSPS) is 35.3. The number of anilines is 1. The summed E-state index contributed by atoms with van der Waals surface area (Å²) < 4.78 is 0. The third-order valence-electron chi connectivity index (χ3n) is 4.57. The third kappa shape index (κ3) is 1.31. The maximum atomic E-state index is 12.5. The van der Waals surface area contributed by atoms with E-state index in [1.54, 1.807) is 6.07 Å². The van der Waals surface area contributed by atoms with Gasteiger partial charge in [0.05, 0.1) is 11.8 Å². The molecular formula is C15H14N2O2. The molecule has 0 N–H and O–H groups in total. The molecule has 1 saturated heterocycles. The van der Waals surface area contributed by atoms with Gasteiger partial charge in [-0.15, -0.1) is 0 Å².